The van der Waals surface area contributed by atoms with Crippen LogP contribution in [-0.2, 0) is 11.3 Å². The monoisotopic (exact) mass is 209 g/mol. The van der Waals surface area contributed by atoms with Gasteiger partial charge in [0, 0.05) is 23.9 Å². The Morgan fingerprint density at radius 2 is 2.90 bits per heavy atom. The highest BCUT2D eigenvalue weighted by Gasteiger charge is 1.91. The van der Waals surface area contributed by atoms with Crippen molar-refractivity contribution in [2.45, 2.75) is 6.56 Å². The molecule has 0 atom stereocenters. The van der Waals surface area contributed by atoms with E-state index < -0.39 is 37.5 Å². The molecule has 1 aromatic rings. The minimum atomic E-state index is -3.02. The number of methoxy groups -OCH3 is 1. The van der Waals surface area contributed by atoms with Crippen LogP contribution in [0, 0.1) is 0 Å². The smallest absolute Gasteiger partial charge is 0.0852 e. The summed E-state index contributed by atoms with van der Waals surface area (Å²) in [7, 11) is -3.02. The van der Waals surface area contributed by atoms with Crippen LogP contribution in [0.1, 0.15) is 16.5 Å². The molecule has 0 N–H and O–H groups in total. The molecule has 10 heavy (non-hydrogen) atoms. The van der Waals surface area contributed by atoms with E-state index in [-0.39, 0.29) is 4.47 Å². The molecule has 0 aliphatic heterocycles. The van der Waals surface area contributed by atoms with E-state index in [0.717, 1.165) is 0 Å². The number of pyridine rings is 1. The van der Waals surface area contributed by atoms with Gasteiger partial charge in [0.25, 0.3) is 0 Å². The van der Waals surface area contributed by atoms with Crippen LogP contribution in [0.2, 0.25) is 0 Å². The van der Waals surface area contributed by atoms with Gasteiger partial charge in [0.15, 0.2) is 0 Å². The van der Waals surface area contributed by atoms with Gasteiger partial charge in [-0.25, -0.2) is 0 Å². The van der Waals surface area contributed by atoms with Crippen molar-refractivity contribution in [2.24, 2.45) is 0 Å². The van der Waals surface area contributed by atoms with E-state index in [1.54, 1.807) is 0 Å². The van der Waals surface area contributed by atoms with Crippen molar-refractivity contribution in [1.82, 2.24) is 4.98 Å². The maximum absolute atomic E-state index is 7.61. The summed E-state index contributed by atoms with van der Waals surface area (Å²) >= 11 is 2.85. The molecule has 0 amide bonds. The first-order valence-electron chi connectivity index (χ1n) is 6.29. The maximum Gasteiger partial charge on any atom is 0.0852 e. The predicted molar refractivity (Wildman–Crippen MR) is 42.6 cm³/mol. The second-order valence-electron chi connectivity index (χ2n) is 1.35. The van der Waals surface area contributed by atoms with Crippen LogP contribution in [0.5, 0.6) is 0 Å². The van der Waals surface area contributed by atoms with Gasteiger partial charge in [0.2, 0.25) is 0 Å². The van der Waals surface area contributed by atoms with Gasteiger partial charge in [-0.15, -0.1) is 0 Å². The molecule has 0 saturated carbocycles. The topological polar surface area (TPSA) is 22.1 Å². The lowest BCUT2D eigenvalue weighted by Crippen LogP contribution is -1.87. The van der Waals surface area contributed by atoms with Crippen molar-refractivity contribution in [2.75, 3.05) is 7.04 Å². The maximum atomic E-state index is 7.61. The molecule has 54 valence electrons. The van der Waals surface area contributed by atoms with Crippen molar-refractivity contribution >= 4 is 15.9 Å². The number of aromatic nitrogens is 1. The molecule has 1 rings (SSSR count). The highest BCUT2D eigenvalue weighted by Crippen LogP contribution is 2.09. The van der Waals surface area contributed by atoms with Crippen LogP contribution >= 0.6 is 15.9 Å². The van der Waals surface area contributed by atoms with Crippen molar-refractivity contribution in [3.05, 3.63) is 28.4 Å². The van der Waals surface area contributed by atoms with E-state index in [4.69, 9.17) is 11.0 Å². The molecule has 0 saturated heterocycles. The van der Waals surface area contributed by atoms with Gasteiger partial charge < -0.3 is 4.74 Å². The summed E-state index contributed by atoms with van der Waals surface area (Å²) in [6, 6.07) is -0.533. The summed E-state index contributed by atoms with van der Waals surface area (Å²) in [5, 5.41) is 0. The molecule has 3 heteroatoms. The highest BCUT2D eigenvalue weighted by atomic mass is 79.9. The second kappa shape index (κ2) is 3.68. The van der Waals surface area contributed by atoms with Gasteiger partial charge in [-0.05, 0) is 27.5 Å². The van der Waals surface area contributed by atoms with Gasteiger partial charge in [-0.1, -0.05) is 0 Å². The average molecular weight is 210 g/mol. The lowest BCUT2D eigenvalue weighted by Gasteiger charge is -1.97. The SMILES string of the molecule is [2H]c1nc([2H])c(C([2H])([2H])OC([2H])([2H])[2H])c([2H])c1Br. The van der Waals surface area contributed by atoms with Gasteiger partial charge in [0.05, 0.1) is 17.5 Å². The Kier molecular flexibility index (Phi) is 0.843. The first-order chi connectivity index (χ1) is 7.96. The Morgan fingerprint density at radius 1 is 2.00 bits per heavy atom. The van der Waals surface area contributed by atoms with Crippen LogP contribution in [0.15, 0.2) is 22.9 Å². The number of ether oxygens (including phenoxy) is 1. The molecule has 1 heterocycles. The van der Waals surface area contributed by atoms with Gasteiger partial charge in [-0.2, -0.15) is 0 Å². The molecule has 1 aromatic heterocycles. The zero-order valence-corrected chi connectivity index (χ0v) is 6.32. The molecular weight excluding hydrogens is 194 g/mol. The minimum Gasteiger partial charge on any atom is -0.380 e. The second-order valence-corrected chi connectivity index (χ2v) is 2.15. The summed E-state index contributed by atoms with van der Waals surface area (Å²) < 4.78 is 62.0. The number of nitrogens with zero attached hydrogens (tertiary/aromatic N) is 1. The van der Waals surface area contributed by atoms with Crippen LogP contribution in [0.25, 0.3) is 0 Å². The Bertz CT molecular complexity index is 473. The Labute approximate surface area is 79.6 Å². The third-order valence-corrected chi connectivity index (χ3v) is 1.09. The van der Waals surface area contributed by atoms with Crippen LogP contribution in [0.3, 0.4) is 0 Å². The van der Waals surface area contributed by atoms with Crippen molar-refractivity contribution in [3.8, 4) is 0 Å². The fourth-order valence-corrected chi connectivity index (χ4v) is 0.685. The lowest BCUT2D eigenvalue weighted by atomic mass is 10.3. The number of rotatable bonds is 2. The third-order valence-electron chi connectivity index (χ3n) is 0.710. The fraction of sp³-hybridized carbons (Fsp3) is 0.286. The van der Waals surface area contributed by atoms with Crippen LogP contribution in [0.4, 0.5) is 0 Å². The summed E-state index contributed by atoms with van der Waals surface area (Å²) in [5.41, 5.74) is -0.638. The lowest BCUT2D eigenvalue weighted by molar-refractivity contribution is 0.184. The number of hydrogen-bond acceptors (Lipinski definition) is 2. The zero-order valence-electron chi connectivity index (χ0n) is 12.7. The molecule has 0 radical (unpaired) electrons. The van der Waals surface area contributed by atoms with E-state index >= 15 is 0 Å². The van der Waals surface area contributed by atoms with Gasteiger partial charge in [-0.3, -0.25) is 4.98 Å². The Morgan fingerprint density at radius 3 is 3.70 bits per heavy atom. The molecule has 0 aromatic carbocycles. The summed E-state index contributed by atoms with van der Waals surface area (Å²) in [6.45, 7) is -2.87. The van der Waals surface area contributed by atoms with Crippen LogP contribution < -0.4 is 0 Å². The van der Waals surface area contributed by atoms with Crippen LogP contribution in [-0.4, -0.2) is 12.0 Å². The van der Waals surface area contributed by atoms with Crippen molar-refractivity contribution < 1.29 is 15.7 Å². The number of hydrogen-bond donors (Lipinski definition) is 0. The molecule has 0 aliphatic carbocycles. The molecule has 0 fully saturated rings. The van der Waals surface area contributed by atoms with Gasteiger partial charge >= 0.3 is 0 Å². The van der Waals surface area contributed by atoms with Gasteiger partial charge in [0.1, 0.15) is 0 Å². The van der Waals surface area contributed by atoms with Crippen molar-refractivity contribution in [3.63, 3.8) is 0 Å². The molecule has 2 nitrogen and oxygen atoms in total. The normalized spacial score (nSPS) is 24.1. The van der Waals surface area contributed by atoms with E-state index in [9.17, 15) is 0 Å². The van der Waals surface area contributed by atoms with E-state index in [1.165, 1.54) is 0 Å². The molecular formula is C7H8BrNO. The number of halogens is 1. The summed E-state index contributed by atoms with van der Waals surface area (Å²) in [5.74, 6) is 0. The molecule has 0 bridgehead atoms. The Hall–Kier alpha value is -0.410. The predicted octanol–water partition coefficient (Wildman–Crippen LogP) is 1.99. The molecule has 0 unspecified atom stereocenters. The molecule has 0 spiro atoms. The largest absolute Gasteiger partial charge is 0.380 e. The zero-order chi connectivity index (χ0) is 14.3. The van der Waals surface area contributed by atoms with Crippen molar-refractivity contribution in [1.29, 1.82) is 0 Å². The highest BCUT2D eigenvalue weighted by molar-refractivity contribution is 9.10. The minimum absolute atomic E-state index is 0.133. The summed E-state index contributed by atoms with van der Waals surface area (Å²) in [6.07, 6.45) is -1.11. The standard InChI is InChI=1S/C7H8BrNO/c1-10-5-6-2-7(8)4-9-3-6/h2-4H,5H2,1H3/i1D3,2D,3D,4D,5D2. The van der Waals surface area contributed by atoms with E-state index in [1.807, 2.05) is 0 Å². The molecule has 0 aliphatic rings. The first kappa shape index (κ1) is 2.29. The fourth-order valence-electron chi connectivity index (χ4n) is 0.398. The first-order valence-corrected chi connectivity index (χ1v) is 3.09. The Balaban J connectivity index is 3.37. The van der Waals surface area contributed by atoms with E-state index in [2.05, 4.69) is 25.7 Å². The quantitative estimate of drug-likeness (QED) is 0.744. The third kappa shape index (κ3) is 2.08. The average Bonchev–Trinajstić information content (AvgIpc) is 2.09. The summed E-state index contributed by atoms with van der Waals surface area (Å²) in [4.78, 5) is 3.39. The van der Waals surface area contributed by atoms with E-state index in [0.29, 0.717) is 0 Å².